The summed E-state index contributed by atoms with van der Waals surface area (Å²) in [6.45, 7) is 2.97. The number of aliphatic hydroxyl groups is 1. The molecular weight excluding hydrogens is 591 g/mol. The van der Waals surface area contributed by atoms with Gasteiger partial charge in [-0.1, -0.05) is 19.1 Å². The molecule has 2 aliphatic carbocycles. The standard InChI is InChI=1S/C26H31F3N8O3P2/c1-4-14-8-18(19(38)9-17(14)31-16(5-2)23(28)29)32-24-33-25(39)37(11-21-30-12-35(3)34-21)26(40)36(24)10-13-6-15(27)22(42)20(41)7-13/h4,7-9,12-13,16,23,38H,5-6,10-11,41-42H2,1-3H3,(H,32,33,39)/b14-4-,31-17-. The quantitative estimate of drug-likeness (QED) is 0.409. The summed E-state index contributed by atoms with van der Waals surface area (Å²) < 4.78 is 44.8. The Hall–Kier alpha value is -3.63. The highest BCUT2D eigenvalue weighted by Crippen LogP contribution is 2.37. The molecule has 2 aliphatic rings. The number of allylic oxidation sites excluding steroid dienone is 8. The van der Waals surface area contributed by atoms with Crippen molar-refractivity contribution in [2.75, 3.05) is 5.32 Å². The first kappa shape index (κ1) is 31.3. The van der Waals surface area contributed by atoms with E-state index in [2.05, 4.69) is 43.9 Å². The van der Waals surface area contributed by atoms with Gasteiger partial charge in [0.05, 0.1) is 18.0 Å². The fraction of sp³-hybridized carbons (Fsp3) is 0.385. The summed E-state index contributed by atoms with van der Waals surface area (Å²) >= 11 is 0. The highest BCUT2D eigenvalue weighted by molar-refractivity contribution is 7.30. The highest BCUT2D eigenvalue weighted by Gasteiger charge is 2.25. The normalized spacial score (nSPS) is 20.2. The molecule has 4 rings (SSSR count). The number of nitrogens with zero attached hydrogens (tertiary/aromatic N) is 7. The van der Waals surface area contributed by atoms with Gasteiger partial charge in [0.2, 0.25) is 5.95 Å². The second-order valence-corrected chi connectivity index (χ2v) is 10.9. The maximum atomic E-state index is 14.6. The van der Waals surface area contributed by atoms with Gasteiger partial charge in [-0.25, -0.2) is 32.3 Å². The van der Waals surface area contributed by atoms with Gasteiger partial charge in [-0.2, -0.15) is 10.1 Å². The predicted molar refractivity (Wildman–Crippen MR) is 160 cm³/mol. The molecule has 2 aromatic rings. The molecule has 0 saturated heterocycles. The number of hydrogen-bond donors (Lipinski definition) is 2. The number of hydrogen-bond acceptors (Lipinski definition) is 8. The minimum Gasteiger partial charge on any atom is -0.506 e. The van der Waals surface area contributed by atoms with E-state index in [1.54, 1.807) is 33.0 Å². The van der Waals surface area contributed by atoms with Crippen molar-refractivity contribution < 1.29 is 18.3 Å². The minimum atomic E-state index is -2.68. The summed E-state index contributed by atoms with van der Waals surface area (Å²) in [6.07, 6.45) is 4.97. The van der Waals surface area contributed by atoms with Crippen LogP contribution in [0.15, 0.2) is 78.7 Å². The number of aromatic nitrogens is 6. The number of rotatable bonds is 9. The van der Waals surface area contributed by atoms with E-state index in [9.17, 15) is 27.9 Å². The zero-order valence-corrected chi connectivity index (χ0v) is 25.4. The van der Waals surface area contributed by atoms with Crippen LogP contribution in [0.2, 0.25) is 0 Å². The summed E-state index contributed by atoms with van der Waals surface area (Å²) in [7, 11) is 6.45. The molecule has 0 bridgehead atoms. The first-order chi connectivity index (χ1) is 19.9. The molecule has 2 heterocycles. The number of halogens is 3. The van der Waals surface area contributed by atoms with Gasteiger partial charge in [0.15, 0.2) is 5.82 Å². The van der Waals surface area contributed by atoms with Gasteiger partial charge in [0.1, 0.15) is 24.0 Å². The van der Waals surface area contributed by atoms with Crippen molar-refractivity contribution in [1.29, 1.82) is 0 Å². The molecule has 224 valence electrons. The Morgan fingerprint density at radius 1 is 1.26 bits per heavy atom. The van der Waals surface area contributed by atoms with Crippen LogP contribution in [0.4, 0.5) is 19.1 Å². The molecule has 0 amide bonds. The van der Waals surface area contributed by atoms with Gasteiger partial charge in [-0.15, -0.1) is 18.5 Å². The van der Waals surface area contributed by atoms with E-state index in [-0.39, 0.29) is 60.7 Å². The topological polar surface area (TPSA) is 132 Å². The first-order valence-corrected chi connectivity index (χ1v) is 14.2. The molecule has 2 aromatic heterocycles. The van der Waals surface area contributed by atoms with Crippen LogP contribution in [-0.4, -0.2) is 52.2 Å². The number of anilines is 1. The lowest BCUT2D eigenvalue weighted by molar-refractivity contribution is 0.115. The van der Waals surface area contributed by atoms with Crippen LogP contribution in [0, 0.1) is 5.92 Å². The van der Waals surface area contributed by atoms with Crippen LogP contribution in [-0.2, 0) is 20.1 Å². The minimum absolute atomic E-state index is 0.0165. The average Bonchev–Trinajstić information content (AvgIpc) is 3.35. The van der Waals surface area contributed by atoms with Crippen molar-refractivity contribution in [3.8, 4) is 0 Å². The monoisotopic (exact) mass is 622 g/mol. The lowest BCUT2D eigenvalue weighted by atomic mass is 9.99. The Morgan fingerprint density at radius 3 is 2.60 bits per heavy atom. The van der Waals surface area contributed by atoms with Crippen molar-refractivity contribution in [2.45, 2.75) is 52.2 Å². The second kappa shape index (κ2) is 13.1. The molecule has 0 saturated carbocycles. The lowest BCUT2D eigenvalue weighted by Crippen LogP contribution is -2.44. The lowest BCUT2D eigenvalue weighted by Gasteiger charge is -2.23. The molecule has 0 fully saturated rings. The fourth-order valence-electron chi connectivity index (χ4n) is 4.44. The largest absolute Gasteiger partial charge is 0.506 e. The van der Waals surface area contributed by atoms with Crippen molar-refractivity contribution in [1.82, 2.24) is 28.9 Å². The van der Waals surface area contributed by atoms with E-state index in [0.717, 1.165) is 4.57 Å². The zero-order valence-electron chi connectivity index (χ0n) is 23.1. The Bertz CT molecular complexity index is 1680. The van der Waals surface area contributed by atoms with Crippen LogP contribution < -0.4 is 16.7 Å². The van der Waals surface area contributed by atoms with Crippen LogP contribution in [0.1, 0.15) is 32.5 Å². The highest BCUT2D eigenvalue weighted by atomic mass is 31.0. The summed E-state index contributed by atoms with van der Waals surface area (Å²) in [4.78, 5) is 39.0. The van der Waals surface area contributed by atoms with Crippen molar-refractivity contribution >= 4 is 30.1 Å². The maximum Gasteiger partial charge on any atom is 0.355 e. The zero-order chi connectivity index (χ0) is 30.7. The van der Waals surface area contributed by atoms with Crippen LogP contribution >= 0.6 is 18.5 Å². The molecule has 0 radical (unpaired) electrons. The van der Waals surface area contributed by atoms with Crippen molar-refractivity contribution in [2.24, 2.45) is 18.0 Å². The van der Waals surface area contributed by atoms with Crippen LogP contribution in [0.5, 0.6) is 0 Å². The van der Waals surface area contributed by atoms with E-state index in [4.69, 9.17) is 0 Å². The number of nitrogens with one attached hydrogen (secondary N) is 1. The Balaban J connectivity index is 1.76. The number of aliphatic hydroxyl groups excluding tert-OH is 1. The summed E-state index contributed by atoms with van der Waals surface area (Å²) in [5.74, 6) is -1.16. The van der Waals surface area contributed by atoms with E-state index in [0.29, 0.717) is 16.2 Å². The third-order valence-corrected chi connectivity index (χ3v) is 8.17. The Kier molecular flexibility index (Phi) is 9.78. The van der Waals surface area contributed by atoms with E-state index in [1.807, 2.05) is 0 Å². The van der Waals surface area contributed by atoms with Gasteiger partial charge < -0.3 is 10.4 Å². The molecule has 0 aromatic carbocycles. The molecule has 11 nitrogen and oxygen atoms in total. The van der Waals surface area contributed by atoms with Gasteiger partial charge in [0.25, 0.3) is 6.43 Å². The average molecular weight is 623 g/mol. The van der Waals surface area contributed by atoms with E-state index in [1.165, 1.54) is 27.7 Å². The van der Waals surface area contributed by atoms with Gasteiger partial charge >= 0.3 is 11.4 Å². The number of aryl methyl sites for hydroxylation is 1. The van der Waals surface area contributed by atoms with Crippen molar-refractivity contribution in [3.05, 3.63) is 90.9 Å². The third-order valence-electron chi connectivity index (χ3n) is 6.69. The van der Waals surface area contributed by atoms with Gasteiger partial charge in [-0.3, -0.25) is 14.2 Å². The molecule has 4 atom stereocenters. The van der Waals surface area contributed by atoms with Crippen LogP contribution in [0.25, 0.3) is 0 Å². The first-order valence-electron chi connectivity index (χ1n) is 13.0. The summed E-state index contributed by atoms with van der Waals surface area (Å²) in [5, 5.41) is 18.8. The van der Waals surface area contributed by atoms with Gasteiger partial charge in [-0.05, 0) is 30.3 Å². The number of alkyl halides is 2. The number of aliphatic imine (C=N–C) groups is 1. The molecule has 42 heavy (non-hydrogen) atoms. The molecule has 16 heteroatoms. The maximum absolute atomic E-state index is 14.6. The smallest absolute Gasteiger partial charge is 0.355 e. The van der Waals surface area contributed by atoms with Crippen LogP contribution in [0.3, 0.4) is 0 Å². The Morgan fingerprint density at radius 2 is 2.00 bits per heavy atom. The SMILES string of the molecule is C/C=C1/C=C(Nc2nc(=O)n(Cc3ncn(C)n3)c(=O)n2CC2C=C(P)C(P)=C(F)C2)C(O)=C/C1=N/C(CC)C(F)F. The molecular formula is C26H31F3N8O3P2. The second-order valence-electron chi connectivity index (χ2n) is 9.72. The molecule has 0 spiro atoms. The van der Waals surface area contributed by atoms with E-state index >= 15 is 0 Å². The fourth-order valence-corrected chi connectivity index (χ4v) is 5.08. The van der Waals surface area contributed by atoms with Crippen molar-refractivity contribution in [3.63, 3.8) is 0 Å². The summed E-state index contributed by atoms with van der Waals surface area (Å²) in [5.41, 5.74) is -0.999. The predicted octanol–water partition coefficient (Wildman–Crippen LogP) is 3.60. The molecule has 4 unspecified atom stereocenters. The van der Waals surface area contributed by atoms with Gasteiger partial charge in [0, 0.05) is 37.3 Å². The van der Waals surface area contributed by atoms with E-state index < -0.39 is 29.8 Å². The molecule has 0 aliphatic heterocycles. The third kappa shape index (κ3) is 6.87. The summed E-state index contributed by atoms with van der Waals surface area (Å²) in [6, 6.07) is -1.25. The Labute approximate surface area is 243 Å². The molecule has 2 N–H and O–H groups in total.